The monoisotopic (exact) mass is 485 g/mol. The summed E-state index contributed by atoms with van der Waals surface area (Å²) in [5.41, 5.74) is 3.52. The Kier molecular flexibility index (Phi) is 7.78. The third kappa shape index (κ3) is 5.55. The van der Waals surface area contributed by atoms with Gasteiger partial charge in [-0.1, -0.05) is 109 Å². The fourth-order valence-corrected chi connectivity index (χ4v) is 7.32. The molecule has 0 amide bonds. The normalized spacial score (nSPS) is 13.6. The van der Waals surface area contributed by atoms with E-state index in [-0.39, 0.29) is 10.8 Å². The minimum atomic E-state index is -1.23. The lowest BCUT2D eigenvalue weighted by Crippen LogP contribution is -2.38. The quantitative estimate of drug-likeness (QED) is 0.325. The Morgan fingerprint density at radius 2 is 1.15 bits per heavy atom. The summed E-state index contributed by atoms with van der Waals surface area (Å²) in [5.74, 6) is 0. The predicted octanol–water partition coefficient (Wildman–Crippen LogP) is 5.89. The first kappa shape index (κ1) is 24.5. The highest BCUT2D eigenvalue weighted by Gasteiger charge is 2.29. The highest BCUT2D eigenvalue weighted by molar-refractivity contribution is 7.84. The van der Waals surface area contributed by atoms with Gasteiger partial charge in [-0.05, 0) is 68.2 Å². The summed E-state index contributed by atoms with van der Waals surface area (Å²) in [6.45, 7) is 8.16. The van der Waals surface area contributed by atoms with E-state index in [0.717, 1.165) is 5.56 Å². The first-order valence-electron chi connectivity index (χ1n) is 11.6. The summed E-state index contributed by atoms with van der Waals surface area (Å²) in [6, 6.07) is 38.3. The highest BCUT2D eigenvalue weighted by atomic mass is 32.2. The topological polar surface area (TPSA) is 29.1 Å². The number of nitrogens with one attached hydrogen (secondary N) is 1. The third-order valence-corrected chi connectivity index (χ3v) is 9.88. The molecule has 0 aromatic heterocycles. The maximum atomic E-state index is 13.4. The SMILES string of the molecule is Cc1ccccc1[C@H](NS(=O)C(C)(C)C)c1ccccc1P(c1ccccc1)c1ccccc1. The van der Waals surface area contributed by atoms with E-state index in [2.05, 4.69) is 121 Å². The van der Waals surface area contributed by atoms with Gasteiger partial charge < -0.3 is 0 Å². The zero-order valence-electron chi connectivity index (χ0n) is 20.2. The van der Waals surface area contributed by atoms with Crippen LogP contribution < -0.4 is 20.6 Å². The maximum Gasteiger partial charge on any atom is 0.0979 e. The van der Waals surface area contributed by atoms with Crippen LogP contribution in [0.4, 0.5) is 0 Å². The molecule has 4 heteroatoms. The van der Waals surface area contributed by atoms with Crippen molar-refractivity contribution < 1.29 is 4.21 Å². The summed E-state index contributed by atoms with van der Waals surface area (Å²) >= 11 is 0. The molecule has 4 aromatic rings. The second-order valence-electron chi connectivity index (χ2n) is 9.35. The molecule has 0 spiro atoms. The molecule has 0 aliphatic rings. The highest BCUT2D eigenvalue weighted by Crippen LogP contribution is 2.37. The first-order valence-corrected chi connectivity index (χ1v) is 14.1. The molecule has 4 aromatic carbocycles. The molecular weight excluding hydrogens is 453 g/mol. The van der Waals surface area contributed by atoms with Gasteiger partial charge in [0.05, 0.1) is 21.8 Å². The van der Waals surface area contributed by atoms with Crippen LogP contribution in [0.15, 0.2) is 109 Å². The molecule has 0 fully saturated rings. The van der Waals surface area contributed by atoms with Crippen molar-refractivity contribution in [3.8, 4) is 0 Å². The van der Waals surface area contributed by atoms with Crippen LogP contribution in [0.5, 0.6) is 0 Å². The summed E-state index contributed by atoms with van der Waals surface area (Å²) in [7, 11) is -2.02. The fraction of sp³-hybridized carbons (Fsp3) is 0.200. The molecule has 174 valence electrons. The van der Waals surface area contributed by atoms with Crippen molar-refractivity contribution in [1.29, 1.82) is 0 Å². The lowest BCUT2D eigenvalue weighted by molar-refractivity contribution is 0.623. The van der Waals surface area contributed by atoms with Gasteiger partial charge in [0.25, 0.3) is 0 Å². The van der Waals surface area contributed by atoms with Crippen LogP contribution in [0.1, 0.15) is 43.5 Å². The fourth-order valence-electron chi connectivity index (χ4n) is 4.01. The van der Waals surface area contributed by atoms with E-state index >= 15 is 0 Å². The molecule has 0 aliphatic heterocycles. The molecular formula is C30H32NOPS. The summed E-state index contributed by atoms with van der Waals surface area (Å²) in [6.07, 6.45) is 0. The average molecular weight is 486 g/mol. The number of hydrogen-bond acceptors (Lipinski definition) is 1. The largest absolute Gasteiger partial charge is 0.242 e. The van der Waals surface area contributed by atoms with Gasteiger partial charge in [-0.25, -0.2) is 8.93 Å². The number of hydrogen-bond donors (Lipinski definition) is 1. The van der Waals surface area contributed by atoms with Gasteiger partial charge in [0.2, 0.25) is 0 Å². The molecule has 2 nitrogen and oxygen atoms in total. The van der Waals surface area contributed by atoms with Crippen molar-refractivity contribution in [2.24, 2.45) is 0 Å². The van der Waals surface area contributed by atoms with Crippen LogP contribution >= 0.6 is 7.92 Å². The smallest absolute Gasteiger partial charge is 0.0979 e. The molecule has 0 heterocycles. The van der Waals surface area contributed by atoms with E-state index in [1.807, 2.05) is 20.8 Å². The average Bonchev–Trinajstić information content (AvgIpc) is 2.84. The number of aryl methyl sites for hydroxylation is 1. The second-order valence-corrected chi connectivity index (χ2v) is 13.5. The van der Waals surface area contributed by atoms with Gasteiger partial charge in [0, 0.05) is 0 Å². The Balaban J connectivity index is 1.92. The van der Waals surface area contributed by atoms with Crippen LogP contribution in [0.25, 0.3) is 0 Å². The van der Waals surface area contributed by atoms with E-state index in [1.54, 1.807) is 0 Å². The van der Waals surface area contributed by atoms with Crippen molar-refractivity contribution in [3.05, 3.63) is 126 Å². The van der Waals surface area contributed by atoms with Crippen LogP contribution in [0, 0.1) is 6.92 Å². The Morgan fingerprint density at radius 1 is 0.676 bits per heavy atom. The Labute approximate surface area is 207 Å². The molecule has 0 aliphatic carbocycles. The number of rotatable bonds is 7. The minimum Gasteiger partial charge on any atom is -0.242 e. The summed E-state index contributed by atoms with van der Waals surface area (Å²) in [5, 5.41) is 3.88. The van der Waals surface area contributed by atoms with E-state index in [1.165, 1.54) is 27.0 Å². The van der Waals surface area contributed by atoms with Gasteiger partial charge in [0.1, 0.15) is 0 Å². The van der Waals surface area contributed by atoms with Gasteiger partial charge in [0.15, 0.2) is 0 Å². The molecule has 2 atom stereocenters. The summed E-state index contributed by atoms with van der Waals surface area (Å²) in [4.78, 5) is 0. The van der Waals surface area contributed by atoms with E-state index < -0.39 is 18.9 Å². The van der Waals surface area contributed by atoms with Crippen LogP contribution in [-0.4, -0.2) is 8.96 Å². The Morgan fingerprint density at radius 3 is 1.68 bits per heavy atom. The van der Waals surface area contributed by atoms with Gasteiger partial charge in [-0.2, -0.15) is 0 Å². The van der Waals surface area contributed by atoms with Crippen molar-refractivity contribution >= 4 is 34.8 Å². The van der Waals surface area contributed by atoms with Crippen LogP contribution in [0.3, 0.4) is 0 Å². The Hall–Kier alpha value is -2.58. The molecule has 0 radical (unpaired) electrons. The molecule has 0 saturated heterocycles. The first-order chi connectivity index (χ1) is 16.4. The zero-order valence-corrected chi connectivity index (χ0v) is 21.9. The maximum absolute atomic E-state index is 13.4. The van der Waals surface area contributed by atoms with Crippen molar-refractivity contribution in [2.75, 3.05) is 0 Å². The van der Waals surface area contributed by atoms with Crippen molar-refractivity contribution in [1.82, 2.24) is 4.72 Å². The molecule has 0 bridgehead atoms. The molecule has 34 heavy (non-hydrogen) atoms. The summed E-state index contributed by atoms with van der Waals surface area (Å²) < 4.78 is 16.5. The zero-order chi connectivity index (χ0) is 24.1. The van der Waals surface area contributed by atoms with E-state index in [9.17, 15) is 4.21 Å². The minimum absolute atomic E-state index is 0.185. The lowest BCUT2D eigenvalue weighted by Gasteiger charge is -2.30. The van der Waals surface area contributed by atoms with Gasteiger partial charge in [-0.15, -0.1) is 0 Å². The van der Waals surface area contributed by atoms with Gasteiger partial charge >= 0.3 is 0 Å². The van der Waals surface area contributed by atoms with Crippen LogP contribution in [-0.2, 0) is 11.0 Å². The standard InChI is InChI=1S/C30H32NOPS/c1-23-15-11-12-20-26(23)29(31-34(32)30(2,3)4)27-21-13-14-22-28(27)33(24-16-7-5-8-17-24)25-18-9-6-10-19-25/h5-22,29,31H,1-4H3/t29-,34?/m0/s1. The second kappa shape index (κ2) is 10.8. The third-order valence-electron chi connectivity index (χ3n) is 5.80. The van der Waals surface area contributed by atoms with Crippen molar-refractivity contribution in [2.45, 2.75) is 38.5 Å². The molecule has 1 N–H and O–H groups in total. The molecule has 1 unspecified atom stereocenters. The molecule has 0 saturated carbocycles. The van der Waals surface area contributed by atoms with E-state index in [4.69, 9.17) is 0 Å². The molecule has 4 rings (SSSR count). The van der Waals surface area contributed by atoms with E-state index in [0.29, 0.717) is 0 Å². The van der Waals surface area contributed by atoms with Crippen LogP contribution in [0.2, 0.25) is 0 Å². The lowest BCUT2D eigenvalue weighted by atomic mass is 9.96. The van der Waals surface area contributed by atoms with Crippen molar-refractivity contribution in [3.63, 3.8) is 0 Å². The number of benzene rings is 4. The van der Waals surface area contributed by atoms with Gasteiger partial charge in [-0.3, -0.25) is 0 Å². The predicted molar refractivity (Wildman–Crippen MR) is 149 cm³/mol. The Bertz CT molecular complexity index is 1210.